The predicted molar refractivity (Wildman–Crippen MR) is 107 cm³/mol. The zero-order valence-corrected chi connectivity index (χ0v) is 16.7. The zero-order chi connectivity index (χ0) is 20.4. The molecular weight excluding hydrogens is 370 g/mol. The molecule has 0 saturated carbocycles. The van der Waals surface area contributed by atoms with E-state index in [1.165, 1.54) is 0 Å². The van der Waals surface area contributed by atoms with E-state index in [1.54, 1.807) is 26.4 Å². The summed E-state index contributed by atoms with van der Waals surface area (Å²) in [5.74, 6) is 2.16. The summed E-state index contributed by atoms with van der Waals surface area (Å²) < 4.78 is 16.1. The fourth-order valence-corrected chi connectivity index (χ4v) is 3.68. The van der Waals surface area contributed by atoms with Gasteiger partial charge in [-0.05, 0) is 30.7 Å². The Morgan fingerprint density at radius 2 is 1.86 bits per heavy atom. The average Bonchev–Trinajstić information content (AvgIpc) is 3.40. The Balaban J connectivity index is 1.52. The number of likely N-dealkylation sites (tertiary alicyclic amines) is 1. The van der Waals surface area contributed by atoms with Gasteiger partial charge in [0, 0.05) is 24.4 Å². The minimum absolute atomic E-state index is 0.00548. The summed E-state index contributed by atoms with van der Waals surface area (Å²) in [6.07, 6.45) is 0.377. The van der Waals surface area contributed by atoms with Crippen LogP contribution in [0.2, 0.25) is 0 Å². The predicted octanol–water partition coefficient (Wildman–Crippen LogP) is 3.83. The van der Waals surface area contributed by atoms with Crippen LogP contribution in [0.4, 0.5) is 0 Å². The van der Waals surface area contributed by atoms with Gasteiger partial charge in [0.05, 0.1) is 20.3 Å². The number of carbonyl (C=O) groups is 1. The van der Waals surface area contributed by atoms with Crippen LogP contribution in [-0.2, 0) is 4.79 Å². The Hall–Kier alpha value is -3.35. The average molecular weight is 393 g/mol. The number of amides is 1. The fraction of sp³-hybridized carbons (Fsp3) is 0.318. The van der Waals surface area contributed by atoms with Crippen LogP contribution in [0.1, 0.15) is 36.7 Å². The molecule has 29 heavy (non-hydrogen) atoms. The molecule has 0 aliphatic carbocycles. The van der Waals surface area contributed by atoms with Crippen LogP contribution < -0.4 is 9.47 Å². The van der Waals surface area contributed by atoms with Crippen molar-refractivity contribution in [3.8, 4) is 23.0 Å². The quantitative estimate of drug-likeness (QED) is 0.633. The SMILES string of the molecule is COc1ccc(-c2nc(C3CC(=O)N(C(C)c4ccccc4)C3)no2)cc1OC. The maximum atomic E-state index is 12.6. The van der Waals surface area contributed by atoms with Crippen molar-refractivity contribution in [2.45, 2.75) is 25.3 Å². The highest BCUT2D eigenvalue weighted by Crippen LogP contribution is 2.35. The molecule has 7 heteroatoms. The molecule has 0 spiro atoms. The van der Waals surface area contributed by atoms with Gasteiger partial charge in [-0.3, -0.25) is 4.79 Å². The third-order valence-electron chi connectivity index (χ3n) is 5.35. The summed E-state index contributed by atoms with van der Waals surface area (Å²) in [5.41, 5.74) is 1.85. The van der Waals surface area contributed by atoms with Crippen molar-refractivity contribution in [1.82, 2.24) is 15.0 Å². The number of benzene rings is 2. The van der Waals surface area contributed by atoms with Gasteiger partial charge in [-0.2, -0.15) is 4.98 Å². The van der Waals surface area contributed by atoms with Gasteiger partial charge in [-0.15, -0.1) is 0 Å². The normalized spacial score (nSPS) is 17.4. The van der Waals surface area contributed by atoms with E-state index in [9.17, 15) is 4.79 Å². The van der Waals surface area contributed by atoms with E-state index in [-0.39, 0.29) is 17.9 Å². The van der Waals surface area contributed by atoms with Gasteiger partial charge in [0.1, 0.15) is 0 Å². The number of carbonyl (C=O) groups excluding carboxylic acids is 1. The first-order valence-corrected chi connectivity index (χ1v) is 9.51. The van der Waals surface area contributed by atoms with E-state index < -0.39 is 0 Å². The Kier molecular flexibility index (Phi) is 5.20. The number of hydrogen-bond acceptors (Lipinski definition) is 6. The second-order valence-electron chi connectivity index (χ2n) is 7.06. The number of methoxy groups -OCH3 is 2. The lowest BCUT2D eigenvalue weighted by atomic mass is 10.1. The maximum absolute atomic E-state index is 12.6. The molecule has 1 aromatic heterocycles. The van der Waals surface area contributed by atoms with E-state index in [2.05, 4.69) is 10.1 Å². The standard InChI is InChI=1S/C22H23N3O4/c1-14(15-7-5-4-6-8-15)25-13-17(12-20(25)26)21-23-22(29-24-21)16-9-10-18(27-2)19(11-16)28-3/h4-11,14,17H,12-13H2,1-3H3. The Labute approximate surface area is 169 Å². The van der Waals surface area contributed by atoms with Crippen LogP contribution in [0.3, 0.4) is 0 Å². The molecule has 1 saturated heterocycles. The van der Waals surface area contributed by atoms with Gasteiger partial charge in [-0.1, -0.05) is 35.5 Å². The van der Waals surface area contributed by atoms with E-state index in [4.69, 9.17) is 14.0 Å². The molecule has 150 valence electrons. The van der Waals surface area contributed by atoms with Crippen LogP contribution in [0.25, 0.3) is 11.5 Å². The van der Waals surface area contributed by atoms with Gasteiger partial charge >= 0.3 is 0 Å². The van der Waals surface area contributed by atoms with Crippen LogP contribution in [0, 0.1) is 0 Å². The van der Waals surface area contributed by atoms with Gasteiger partial charge in [-0.25, -0.2) is 0 Å². The molecule has 2 heterocycles. The largest absolute Gasteiger partial charge is 0.493 e. The Morgan fingerprint density at radius 1 is 1.10 bits per heavy atom. The number of aromatic nitrogens is 2. The Morgan fingerprint density at radius 3 is 2.59 bits per heavy atom. The molecule has 1 fully saturated rings. The van der Waals surface area contributed by atoms with E-state index in [0.717, 1.165) is 11.1 Å². The van der Waals surface area contributed by atoms with Gasteiger partial charge in [0.15, 0.2) is 17.3 Å². The summed E-state index contributed by atoms with van der Waals surface area (Å²) in [5, 5.41) is 4.14. The van der Waals surface area contributed by atoms with E-state index >= 15 is 0 Å². The van der Waals surface area contributed by atoms with Crippen molar-refractivity contribution in [1.29, 1.82) is 0 Å². The molecule has 0 N–H and O–H groups in total. The number of hydrogen-bond donors (Lipinski definition) is 0. The molecule has 0 radical (unpaired) electrons. The lowest BCUT2D eigenvalue weighted by molar-refractivity contribution is -0.129. The highest BCUT2D eigenvalue weighted by atomic mass is 16.5. The zero-order valence-electron chi connectivity index (χ0n) is 16.7. The molecule has 7 nitrogen and oxygen atoms in total. The third-order valence-corrected chi connectivity index (χ3v) is 5.35. The first-order valence-electron chi connectivity index (χ1n) is 9.51. The van der Waals surface area contributed by atoms with Crippen molar-refractivity contribution in [3.05, 3.63) is 59.9 Å². The van der Waals surface area contributed by atoms with Crippen LogP contribution in [-0.4, -0.2) is 41.7 Å². The molecule has 2 atom stereocenters. The number of nitrogens with zero attached hydrogens (tertiary/aromatic N) is 3. The highest BCUT2D eigenvalue weighted by Gasteiger charge is 2.36. The molecule has 3 aromatic rings. The monoisotopic (exact) mass is 393 g/mol. The lowest BCUT2D eigenvalue weighted by Crippen LogP contribution is -2.28. The summed E-state index contributed by atoms with van der Waals surface area (Å²) in [6.45, 7) is 2.61. The Bertz CT molecular complexity index is 1000. The van der Waals surface area contributed by atoms with Gasteiger partial charge in [0.2, 0.25) is 5.91 Å². The first kappa shape index (κ1) is 19.0. The summed E-state index contributed by atoms with van der Waals surface area (Å²) in [4.78, 5) is 19.0. The van der Waals surface area contributed by atoms with Crippen molar-refractivity contribution in [3.63, 3.8) is 0 Å². The maximum Gasteiger partial charge on any atom is 0.258 e. The molecule has 1 aliphatic rings. The molecule has 4 rings (SSSR count). The molecule has 2 unspecified atom stereocenters. The molecular formula is C22H23N3O4. The molecule has 0 bridgehead atoms. The van der Waals surface area contributed by atoms with E-state index in [1.807, 2.05) is 48.2 Å². The molecule has 1 aliphatic heterocycles. The summed E-state index contributed by atoms with van der Waals surface area (Å²) in [7, 11) is 3.16. The number of rotatable bonds is 6. The van der Waals surface area contributed by atoms with Crippen LogP contribution in [0.15, 0.2) is 53.1 Å². The highest BCUT2D eigenvalue weighted by molar-refractivity contribution is 5.80. The molecule has 2 aromatic carbocycles. The van der Waals surface area contributed by atoms with Crippen molar-refractivity contribution < 1.29 is 18.8 Å². The van der Waals surface area contributed by atoms with Crippen molar-refractivity contribution in [2.75, 3.05) is 20.8 Å². The second kappa shape index (κ2) is 7.95. The minimum atomic E-state index is -0.0914. The van der Waals surface area contributed by atoms with Crippen molar-refractivity contribution >= 4 is 5.91 Å². The summed E-state index contributed by atoms with van der Waals surface area (Å²) in [6, 6.07) is 15.4. The second-order valence-corrected chi connectivity index (χ2v) is 7.06. The van der Waals surface area contributed by atoms with Gasteiger partial charge in [0.25, 0.3) is 5.89 Å². The van der Waals surface area contributed by atoms with Crippen LogP contribution in [0.5, 0.6) is 11.5 Å². The van der Waals surface area contributed by atoms with Gasteiger partial charge < -0.3 is 18.9 Å². The van der Waals surface area contributed by atoms with E-state index in [0.29, 0.717) is 36.2 Å². The third kappa shape index (κ3) is 3.68. The topological polar surface area (TPSA) is 77.7 Å². The van der Waals surface area contributed by atoms with Crippen molar-refractivity contribution in [2.24, 2.45) is 0 Å². The smallest absolute Gasteiger partial charge is 0.258 e. The molecule has 1 amide bonds. The minimum Gasteiger partial charge on any atom is -0.493 e. The lowest BCUT2D eigenvalue weighted by Gasteiger charge is -2.25. The fourth-order valence-electron chi connectivity index (χ4n) is 3.68. The van der Waals surface area contributed by atoms with Crippen LogP contribution >= 0.6 is 0 Å². The number of ether oxygens (including phenoxy) is 2. The first-order chi connectivity index (χ1) is 14.1. The summed E-state index contributed by atoms with van der Waals surface area (Å²) >= 11 is 0.